The van der Waals surface area contributed by atoms with E-state index in [4.69, 9.17) is 0 Å². The highest BCUT2D eigenvalue weighted by Gasteiger charge is 2.06. The number of carbonyl (C=O) groups is 1. The molecule has 0 bridgehead atoms. The number of aromatic nitrogens is 2. The first-order valence-electron chi connectivity index (χ1n) is 5.68. The molecular formula is C12H14N4O2S. The number of amides is 2. The van der Waals surface area contributed by atoms with Gasteiger partial charge in [-0.15, -0.1) is 11.3 Å². The number of carbonyl (C=O) groups excluding carboxylic acids is 1. The summed E-state index contributed by atoms with van der Waals surface area (Å²) in [6.45, 7) is 2.30. The van der Waals surface area contributed by atoms with E-state index >= 15 is 0 Å². The Morgan fingerprint density at radius 1 is 1.53 bits per heavy atom. The molecule has 0 saturated heterocycles. The van der Waals surface area contributed by atoms with Crippen LogP contribution in [0.15, 0.2) is 29.3 Å². The van der Waals surface area contributed by atoms with Crippen LogP contribution in [0.3, 0.4) is 0 Å². The lowest BCUT2D eigenvalue weighted by molar-refractivity contribution is 0.252. The molecule has 0 aliphatic heterocycles. The molecule has 0 aliphatic carbocycles. The van der Waals surface area contributed by atoms with E-state index in [1.54, 1.807) is 31.6 Å². The molecule has 2 rings (SSSR count). The Morgan fingerprint density at radius 3 is 3.00 bits per heavy atom. The van der Waals surface area contributed by atoms with Crippen molar-refractivity contribution < 1.29 is 4.79 Å². The van der Waals surface area contributed by atoms with Crippen molar-refractivity contribution in [2.75, 3.05) is 5.32 Å². The smallest absolute Gasteiger partial charge is 0.319 e. The number of thiazole rings is 1. The van der Waals surface area contributed by atoms with Gasteiger partial charge in [-0.2, -0.15) is 0 Å². The van der Waals surface area contributed by atoms with E-state index in [0.717, 1.165) is 9.88 Å². The van der Waals surface area contributed by atoms with E-state index < -0.39 is 6.03 Å². The molecule has 0 atom stereocenters. The van der Waals surface area contributed by atoms with Crippen molar-refractivity contribution in [3.63, 3.8) is 0 Å². The molecule has 2 aromatic heterocycles. The molecule has 0 aliphatic rings. The molecule has 2 amide bonds. The molecule has 7 heteroatoms. The highest BCUT2D eigenvalue weighted by Crippen LogP contribution is 2.10. The van der Waals surface area contributed by atoms with Gasteiger partial charge in [-0.1, -0.05) is 0 Å². The van der Waals surface area contributed by atoms with Crippen LogP contribution in [-0.2, 0) is 13.6 Å². The summed E-state index contributed by atoms with van der Waals surface area (Å²) in [5, 5.41) is 6.16. The minimum absolute atomic E-state index is 0.244. The Kier molecular flexibility index (Phi) is 3.96. The van der Waals surface area contributed by atoms with Gasteiger partial charge in [0.15, 0.2) is 0 Å². The predicted molar refractivity (Wildman–Crippen MR) is 74.4 cm³/mol. The number of hydrogen-bond donors (Lipinski definition) is 2. The zero-order valence-corrected chi connectivity index (χ0v) is 11.5. The number of pyridine rings is 1. The quantitative estimate of drug-likeness (QED) is 0.892. The maximum absolute atomic E-state index is 11.7. The SMILES string of the molecule is Cc1ncc(CNC(=O)Nc2cccn(C)c2=O)s1. The summed E-state index contributed by atoms with van der Waals surface area (Å²) in [7, 11) is 1.63. The summed E-state index contributed by atoms with van der Waals surface area (Å²) >= 11 is 1.52. The van der Waals surface area contributed by atoms with Crippen LogP contribution < -0.4 is 16.2 Å². The van der Waals surface area contributed by atoms with Crippen molar-refractivity contribution in [1.82, 2.24) is 14.9 Å². The Bertz CT molecular complexity index is 647. The van der Waals surface area contributed by atoms with Crippen LogP contribution in [-0.4, -0.2) is 15.6 Å². The van der Waals surface area contributed by atoms with Crippen molar-refractivity contribution in [1.29, 1.82) is 0 Å². The largest absolute Gasteiger partial charge is 0.333 e. The molecule has 0 aromatic carbocycles. The number of aryl methyl sites for hydroxylation is 2. The maximum atomic E-state index is 11.7. The molecule has 0 radical (unpaired) electrons. The van der Waals surface area contributed by atoms with Crippen molar-refractivity contribution in [2.24, 2.45) is 7.05 Å². The average molecular weight is 278 g/mol. The van der Waals surface area contributed by atoms with Crippen LogP contribution >= 0.6 is 11.3 Å². The zero-order chi connectivity index (χ0) is 13.8. The summed E-state index contributed by atoms with van der Waals surface area (Å²) in [6, 6.07) is 2.86. The van der Waals surface area contributed by atoms with Crippen molar-refractivity contribution in [3.8, 4) is 0 Å². The molecule has 19 heavy (non-hydrogen) atoms. The Labute approximate surface area is 114 Å². The van der Waals surface area contributed by atoms with Crippen molar-refractivity contribution >= 4 is 23.1 Å². The zero-order valence-electron chi connectivity index (χ0n) is 10.6. The molecule has 2 N–H and O–H groups in total. The van der Waals surface area contributed by atoms with Gasteiger partial charge in [0.1, 0.15) is 5.69 Å². The van der Waals surface area contributed by atoms with Crippen LogP contribution in [0.1, 0.15) is 9.88 Å². The van der Waals surface area contributed by atoms with Gasteiger partial charge in [0, 0.05) is 24.3 Å². The van der Waals surface area contributed by atoms with Gasteiger partial charge in [-0.05, 0) is 19.1 Å². The molecule has 0 saturated carbocycles. The van der Waals surface area contributed by atoms with Crippen LogP contribution in [0.2, 0.25) is 0 Å². The second-order valence-corrected chi connectivity index (χ2v) is 5.31. The minimum Gasteiger partial charge on any atom is -0.333 e. The maximum Gasteiger partial charge on any atom is 0.319 e. The fourth-order valence-corrected chi connectivity index (χ4v) is 2.25. The van der Waals surface area contributed by atoms with Gasteiger partial charge in [0.25, 0.3) is 5.56 Å². The summed E-state index contributed by atoms with van der Waals surface area (Å²) in [4.78, 5) is 28.4. The van der Waals surface area contributed by atoms with Crippen molar-refractivity contribution in [2.45, 2.75) is 13.5 Å². The Morgan fingerprint density at radius 2 is 2.32 bits per heavy atom. The van der Waals surface area contributed by atoms with Gasteiger partial charge in [-0.3, -0.25) is 4.79 Å². The van der Waals surface area contributed by atoms with Gasteiger partial charge >= 0.3 is 6.03 Å². The summed E-state index contributed by atoms with van der Waals surface area (Å²) in [5.74, 6) is 0. The number of anilines is 1. The average Bonchev–Trinajstić information content (AvgIpc) is 2.78. The molecule has 0 unspecified atom stereocenters. The second-order valence-electron chi connectivity index (χ2n) is 3.99. The van der Waals surface area contributed by atoms with Crippen LogP contribution in [0.25, 0.3) is 0 Å². The first-order valence-corrected chi connectivity index (χ1v) is 6.49. The lowest BCUT2D eigenvalue weighted by Gasteiger charge is -2.06. The van der Waals surface area contributed by atoms with E-state index in [0.29, 0.717) is 6.54 Å². The van der Waals surface area contributed by atoms with E-state index in [-0.39, 0.29) is 11.2 Å². The van der Waals surface area contributed by atoms with Gasteiger partial charge in [0.2, 0.25) is 0 Å². The lowest BCUT2D eigenvalue weighted by Crippen LogP contribution is -2.31. The topological polar surface area (TPSA) is 76.0 Å². The molecular weight excluding hydrogens is 264 g/mol. The second kappa shape index (κ2) is 5.66. The van der Waals surface area contributed by atoms with Crippen LogP contribution in [0.4, 0.5) is 10.5 Å². The fraction of sp³-hybridized carbons (Fsp3) is 0.250. The lowest BCUT2D eigenvalue weighted by atomic mass is 10.4. The number of nitrogens with zero attached hydrogens (tertiary/aromatic N) is 2. The molecule has 2 aromatic rings. The third-order valence-corrected chi connectivity index (χ3v) is 3.38. The normalized spacial score (nSPS) is 10.2. The third-order valence-electron chi connectivity index (χ3n) is 2.46. The van der Waals surface area contributed by atoms with E-state index in [1.807, 2.05) is 6.92 Å². The number of rotatable bonds is 3. The first-order chi connectivity index (χ1) is 9.06. The molecule has 2 heterocycles. The minimum atomic E-state index is -0.408. The first kappa shape index (κ1) is 13.3. The molecule has 6 nitrogen and oxygen atoms in total. The van der Waals surface area contributed by atoms with Crippen molar-refractivity contribution in [3.05, 3.63) is 44.8 Å². The number of hydrogen-bond acceptors (Lipinski definition) is 4. The predicted octanol–water partition coefficient (Wildman–Crippen LogP) is 1.47. The van der Waals surface area contributed by atoms with Gasteiger partial charge in [-0.25, -0.2) is 9.78 Å². The van der Waals surface area contributed by atoms with Crippen LogP contribution in [0, 0.1) is 6.92 Å². The van der Waals surface area contributed by atoms with Gasteiger partial charge in [0.05, 0.1) is 11.6 Å². The van der Waals surface area contributed by atoms with Crippen LogP contribution in [0.5, 0.6) is 0 Å². The van der Waals surface area contributed by atoms with Gasteiger partial charge < -0.3 is 15.2 Å². The Hall–Kier alpha value is -2.15. The highest BCUT2D eigenvalue weighted by molar-refractivity contribution is 7.11. The third kappa shape index (κ3) is 3.41. The molecule has 0 fully saturated rings. The summed E-state index contributed by atoms with van der Waals surface area (Å²) in [5.41, 5.74) is 0.00858. The Balaban J connectivity index is 1.94. The highest BCUT2D eigenvalue weighted by atomic mass is 32.1. The molecule has 100 valence electrons. The standard InChI is InChI=1S/C12H14N4O2S/c1-8-13-6-9(19-8)7-14-12(18)15-10-4-3-5-16(2)11(10)17/h3-6H,7H2,1-2H3,(H2,14,15,18). The summed E-state index contributed by atoms with van der Waals surface area (Å²) in [6.07, 6.45) is 3.35. The van der Waals surface area contributed by atoms with E-state index in [2.05, 4.69) is 15.6 Å². The van der Waals surface area contributed by atoms with E-state index in [9.17, 15) is 9.59 Å². The fourth-order valence-electron chi connectivity index (χ4n) is 1.51. The monoisotopic (exact) mass is 278 g/mol. The van der Waals surface area contributed by atoms with E-state index in [1.165, 1.54) is 15.9 Å². The number of urea groups is 1. The summed E-state index contributed by atoms with van der Waals surface area (Å²) < 4.78 is 1.40. The number of nitrogens with one attached hydrogen (secondary N) is 2. The molecule has 0 spiro atoms.